The molecule has 0 aliphatic rings. The van der Waals surface area contributed by atoms with Gasteiger partial charge < -0.3 is 0 Å². The summed E-state index contributed by atoms with van der Waals surface area (Å²) in [6.45, 7) is 4.30. The van der Waals surface area contributed by atoms with Gasteiger partial charge in [0.15, 0.2) is 0 Å². The van der Waals surface area contributed by atoms with Crippen LogP contribution in [0.15, 0.2) is 10.9 Å². The van der Waals surface area contributed by atoms with Crippen molar-refractivity contribution < 1.29 is 0 Å². The van der Waals surface area contributed by atoms with Crippen molar-refractivity contribution in [1.82, 2.24) is 15.2 Å². The van der Waals surface area contributed by atoms with Gasteiger partial charge in [-0.1, -0.05) is 13.8 Å². The van der Waals surface area contributed by atoms with Gasteiger partial charge in [-0.15, -0.1) is 5.10 Å². The van der Waals surface area contributed by atoms with Crippen LogP contribution in [-0.2, 0) is 6.42 Å². The summed E-state index contributed by atoms with van der Waals surface area (Å²) in [5.41, 5.74) is 0.988. The van der Waals surface area contributed by atoms with Crippen molar-refractivity contribution >= 4 is 15.9 Å². The fraction of sp³-hybridized carbons (Fsp3) is 0.571. The molecule has 1 rings (SSSR count). The molecule has 0 spiro atoms. The first-order valence-electron chi connectivity index (χ1n) is 3.52. The molecule has 60 valence electrons. The zero-order valence-electron chi connectivity index (χ0n) is 6.58. The van der Waals surface area contributed by atoms with E-state index in [1.165, 1.54) is 0 Å². The minimum Gasteiger partial charge on any atom is -0.224 e. The van der Waals surface area contributed by atoms with Crippen LogP contribution in [0.3, 0.4) is 0 Å². The summed E-state index contributed by atoms with van der Waals surface area (Å²) in [5, 5.41) is 7.48. The van der Waals surface area contributed by atoms with Gasteiger partial charge in [0.25, 0.3) is 0 Å². The molecule has 11 heavy (non-hydrogen) atoms. The Bertz CT molecular complexity index is 237. The molecule has 0 aliphatic carbocycles. The third-order valence-electron chi connectivity index (χ3n) is 1.20. The second-order valence-electron chi connectivity index (χ2n) is 2.81. The zero-order chi connectivity index (χ0) is 8.27. The Hall–Kier alpha value is -0.510. The van der Waals surface area contributed by atoms with E-state index in [4.69, 9.17) is 0 Å². The van der Waals surface area contributed by atoms with Crippen molar-refractivity contribution in [1.29, 1.82) is 0 Å². The number of aromatic nitrogens is 3. The van der Waals surface area contributed by atoms with E-state index in [0.717, 1.165) is 12.1 Å². The molecule has 1 aromatic heterocycles. The maximum absolute atomic E-state index is 4.16. The third kappa shape index (κ3) is 2.93. The Morgan fingerprint density at radius 2 is 2.27 bits per heavy atom. The van der Waals surface area contributed by atoms with Gasteiger partial charge in [0.1, 0.15) is 0 Å². The molecule has 0 bridgehead atoms. The zero-order valence-corrected chi connectivity index (χ0v) is 8.17. The van der Waals surface area contributed by atoms with E-state index in [9.17, 15) is 0 Å². The highest BCUT2D eigenvalue weighted by Gasteiger charge is 2.00. The van der Waals surface area contributed by atoms with Gasteiger partial charge >= 0.3 is 0 Å². The van der Waals surface area contributed by atoms with Crippen LogP contribution >= 0.6 is 15.9 Å². The fourth-order valence-electron chi connectivity index (χ4n) is 0.830. The van der Waals surface area contributed by atoms with Crippen molar-refractivity contribution in [2.24, 2.45) is 5.92 Å². The molecule has 0 fully saturated rings. The number of rotatable bonds is 2. The lowest BCUT2D eigenvalue weighted by Gasteiger charge is -2.01. The molecule has 0 unspecified atom stereocenters. The van der Waals surface area contributed by atoms with E-state index in [-0.39, 0.29) is 0 Å². The van der Waals surface area contributed by atoms with E-state index < -0.39 is 0 Å². The van der Waals surface area contributed by atoms with Gasteiger partial charge in [-0.25, -0.2) is 4.98 Å². The van der Waals surface area contributed by atoms with Crippen LogP contribution in [0.1, 0.15) is 19.5 Å². The normalized spacial score (nSPS) is 10.5. The van der Waals surface area contributed by atoms with Crippen LogP contribution in [0.4, 0.5) is 0 Å². The summed E-state index contributed by atoms with van der Waals surface area (Å²) < 4.78 is 0.565. The van der Waals surface area contributed by atoms with Gasteiger partial charge in [-0.05, 0) is 28.3 Å². The lowest BCUT2D eigenvalue weighted by molar-refractivity contribution is 0.627. The van der Waals surface area contributed by atoms with Crippen LogP contribution in [0, 0.1) is 5.92 Å². The third-order valence-corrected chi connectivity index (χ3v) is 1.54. The summed E-state index contributed by atoms with van der Waals surface area (Å²) in [5.74, 6) is 0.610. The number of nitrogens with zero attached hydrogens (tertiary/aromatic N) is 3. The van der Waals surface area contributed by atoms with Crippen LogP contribution in [-0.4, -0.2) is 15.2 Å². The topological polar surface area (TPSA) is 38.7 Å². The predicted octanol–water partition coefficient (Wildman–Crippen LogP) is 1.83. The molecule has 3 nitrogen and oxygen atoms in total. The molecule has 0 saturated carbocycles. The van der Waals surface area contributed by atoms with Crippen molar-refractivity contribution in [3.63, 3.8) is 0 Å². The van der Waals surface area contributed by atoms with Crippen molar-refractivity contribution in [3.8, 4) is 0 Å². The first-order valence-corrected chi connectivity index (χ1v) is 4.32. The van der Waals surface area contributed by atoms with Crippen LogP contribution in [0.2, 0.25) is 0 Å². The molecule has 0 N–H and O–H groups in total. The van der Waals surface area contributed by atoms with Gasteiger partial charge in [-0.3, -0.25) is 0 Å². The molecule has 0 amide bonds. The van der Waals surface area contributed by atoms with Crippen molar-refractivity contribution in [3.05, 3.63) is 16.6 Å². The van der Waals surface area contributed by atoms with E-state index in [2.05, 4.69) is 45.0 Å². The van der Waals surface area contributed by atoms with Crippen molar-refractivity contribution in [2.45, 2.75) is 20.3 Å². The molecule has 0 saturated heterocycles. The van der Waals surface area contributed by atoms with E-state index in [1.54, 1.807) is 6.20 Å². The van der Waals surface area contributed by atoms with Gasteiger partial charge in [0.2, 0.25) is 4.73 Å². The highest BCUT2D eigenvalue weighted by Crippen LogP contribution is 2.05. The van der Waals surface area contributed by atoms with E-state index in [0.29, 0.717) is 10.7 Å². The molecule has 0 radical (unpaired) electrons. The standard InChI is InChI=1S/C7H10BrN3/c1-5(2)3-6-4-9-11-7(8)10-6/h4-5H,3H2,1-2H3. The molecule has 0 atom stereocenters. The highest BCUT2D eigenvalue weighted by atomic mass is 79.9. The average molecular weight is 216 g/mol. The average Bonchev–Trinajstić information content (AvgIpc) is 1.85. The Morgan fingerprint density at radius 3 is 2.82 bits per heavy atom. The van der Waals surface area contributed by atoms with Crippen LogP contribution < -0.4 is 0 Å². The quantitative estimate of drug-likeness (QED) is 0.756. The van der Waals surface area contributed by atoms with E-state index in [1.807, 2.05) is 0 Å². The summed E-state index contributed by atoms with van der Waals surface area (Å²) in [4.78, 5) is 4.16. The smallest absolute Gasteiger partial charge is 0.218 e. The Kier molecular flexibility index (Phi) is 2.93. The molecular weight excluding hydrogens is 206 g/mol. The van der Waals surface area contributed by atoms with E-state index >= 15 is 0 Å². The summed E-state index contributed by atoms with van der Waals surface area (Å²) in [6, 6.07) is 0. The van der Waals surface area contributed by atoms with Crippen LogP contribution in [0.25, 0.3) is 0 Å². The molecule has 0 aliphatic heterocycles. The van der Waals surface area contributed by atoms with Gasteiger partial charge in [0, 0.05) is 0 Å². The molecule has 1 aromatic rings. The van der Waals surface area contributed by atoms with Gasteiger partial charge in [-0.2, -0.15) is 5.10 Å². The number of hydrogen-bond donors (Lipinski definition) is 0. The van der Waals surface area contributed by atoms with Gasteiger partial charge in [0.05, 0.1) is 11.9 Å². The molecular formula is C7H10BrN3. The second kappa shape index (κ2) is 3.76. The fourth-order valence-corrected chi connectivity index (χ4v) is 1.15. The molecule has 1 heterocycles. The first-order chi connectivity index (χ1) is 5.18. The number of hydrogen-bond acceptors (Lipinski definition) is 3. The highest BCUT2D eigenvalue weighted by molar-refractivity contribution is 9.10. The lowest BCUT2D eigenvalue weighted by atomic mass is 10.1. The Labute approximate surface area is 74.4 Å². The Morgan fingerprint density at radius 1 is 1.55 bits per heavy atom. The number of halogens is 1. The largest absolute Gasteiger partial charge is 0.224 e. The molecule has 4 heteroatoms. The summed E-state index contributed by atoms with van der Waals surface area (Å²) in [6.07, 6.45) is 2.65. The maximum atomic E-state index is 4.16. The predicted molar refractivity (Wildman–Crippen MR) is 46.1 cm³/mol. The minimum absolute atomic E-state index is 0.565. The molecule has 0 aromatic carbocycles. The minimum atomic E-state index is 0.565. The SMILES string of the molecule is CC(C)Cc1cnnc(Br)n1. The van der Waals surface area contributed by atoms with Crippen LogP contribution in [0.5, 0.6) is 0 Å². The Balaban J connectivity index is 2.71. The van der Waals surface area contributed by atoms with Crippen molar-refractivity contribution in [2.75, 3.05) is 0 Å². The monoisotopic (exact) mass is 215 g/mol. The maximum Gasteiger partial charge on any atom is 0.218 e. The summed E-state index contributed by atoms with van der Waals surface area (Å²) >= 11 is 3.17. The summed E-state index contributed by atoms with van der Waals surface area (Å²) in [7, 11) is 0. The second-order valence-corrected chi connectivity index (χ2v) is 3.52. The lowest BCUT2D eigenvalue weighted by Crippen LogP contribution is -1.99. The first kappa shape index (κ1) is 8.59.